The van der Waals surface area contributed by atoms with E-state index in [-0.39, 0.29) is 12.5 Å². The number of ether oxygens (including phenoxy) is 1. The number of carbonyl (C=O) groups is 1. The number of carbonyl (C=O) groups excluding carboxylic acids is 1. The molecule has 88 valence electrons. The third-order valence-corrected chi connectivity index (χ3v) is 2.71. The summed E-state index contributed by atoms with van der Waals surface area (Å²) >= 11 is 0. The second-order valence-corrected chi connectivity index (χ2v) is 3.99. The van der Waals surface area contributed by atoms with Crippen LogP contribution in [0, 0.1) is 5.92 Å². The smallest absolute Gasteiger partial charge is 0.245 e. The second kappa shape index (κ2) is 7.65. The highest BCUT2D eigenvalue weighted by Crippen LogP contribution is 2.12. The molecule has 2 N–H and O–H groups in total. The molecule has 4 heteroatoms. The summed E-state index contributed by atoms with van der Waals surface area (Å²) in [6, 6.07) is 0. The highest BCUT2D eigenvalue weighted by molar-refractivity contribution is 5.77. The Morgan fingerprint density at radius 2 is 2.47 bits per heavy atom. The quantitative estimate of drug-likeness (QED) is 0.678. The van der Waals surface area contributed by atoms with Crippen molar-refractivity contribution in [3.63, 3.8) is 0 Å². The predicted octanol–water partition coefficient (Wildman–Crippen LogP) is 0.529. The molecule has 0 aromatic rings. The molecule has 1 saturated heterocycles. The lowest BCUT2D eigenvalue weighted by molar-refractivity contribution is -0.125. The maximum Gasteiger partial charge on any atom is 0.245 e. The predicted molar refractivity (Wildman–Crippen MR) is 59.7 cm³/mol. The van der Waals surface area contributed by atoms with Gasteiger partial charge in [-0.2, -0.15) is 0 Å². The monoisotopic (exact) mass is 214 g/mol. The molecule has 0 aliphatic carbocycles. The first kappa shape index (κ1) is 12.5. The van der Waals surface area contributed by atoms with E-state index >= 15 is 0 Å². The van der Waals surface area contributed by atoms with E-state index in [0.717, 1.165) is 32.0 Å². The zero-order valence-electron chi connectivity index (χ0n) is 9.55. The lowest BCUT2D eigenvalue weighted by Gasteiger charge is -2.22. The van der Waals surface area contributed by atoms with Gasteiger partial charge in [0, 0.05) is 13.2 Å². The minimum atomic E-state index is 0.000573. The van der Waals surface area contributed by atoms with Gasteiger partial charge in [0.25, 0.3) is 0 Å². The summed E-state index contributed by atoms with van der Waals surface area (Å²) in [5, 5.41) is 6.24. The fraction of sp³-hybridized carbons (Fsp3) is 0.909. The van der Waals surface area contributed by atoms with Crippen LogP contribution in [0.2, 0.25) is 0 Å². The summed E-state index contributed by atoms with van der Waals surface area (Å²) < 4.78 is 5.01. The highest BCUT2D eigenvalue weighted by atomic mass is 16.5. The minimum absolute atomic E-state index is 0.000573. The summed E-state index contributed by atoms with van der Waals surface area (Å²) in [7, 11) is 0. The van der Waals surface area contributed by atoms with Gasteiger partial charge in [-0.1, -0.05) is 0 Å². The standard InChI is InChI=1S/C11H22N2O2/c1-2-15-9-11(14)13-7-5-10-4-3-6-12-8-10/h10,12H,2-9H2,1H3,(H,13,14). The van der Waals surface area contributed by atoms with Gasteiger partial charge in [0.15, 0.2) is 0 Å². The summed E-state index contributed by atoms with van der Waals surface area (Å²) in [5.74, 6) is 0.728. The van der Waals surface area contributed by atoms with E-state index in [4.69, 9.17) is 4.74 Å². The van der Waals surface area contributed by atoms with Crippen LogP contribution in [0.15, 0.2) is 0 Å². The molecule has 1 aliphatic rings. The zero-order chi connectivity index (χ0) is 10.9. The van der Waals surface area contributed by atoms with Gasteiger partial charge in [-0.3, -0.25) is 4.79 Å². The molecule has 4 nitrogen and oxygen atoms in total. The Balaban J connectivity index is 1.97. The van der Waals surface area contributed by atoms with E-state index in [1.54, 1.807) is 0 Å². The lowest BCUT2D eigenvalue weighted by atomic mass is 9.96. The van der Waals surface area contributed by atoms with Gasteiger partial charge in [-0.25, -0.2) is 0 Å². The minimum Gasteiger partial charge on any atom is -0.372 e. The zero-order valence-corrected chi connectivity index (χ0v) is 9.55. The number of hydrogen-bond acceptors (Lipinski definition) is 3. The van der Waals surface area contributed by atoms with E-state index in [9.17, 15) is 4.79 Å². The van der Waals surface area contributed by atoms with Gasteiger partial charge in [0.05, 0.1) is 0 Å². The Bertz CT molecular complexity index is 179. The molecule has 0 spiro atoms. The fourth-order valence-corrected chi connectivity index (χ4v) is 1.83. The van der Waals surface area contributed by atoms with E-state index in [2.05, 4.69) is 10.6 Å². The van der Waals surface area contributed by atoms with Crippen LogP contribution in [0.3, 0.4) is 0 Å². The van der Waals surface area contributed by atoms with Crippen LogP contribution in [0.4, 0.5) is 0 Å². The van der Waals surface area contributed by atoms with Crippen molar-refractivity contribution in [1.82, 2.24) is 10.6 Å². The van der Waals surface area contributed by atoms with Crippen molar-refractivity contribution in [2.75, 3.05) is 32.8 Å². The normalized spacial score (nSPS) is 21.3. The molecule has 0 saturated carbocycles. The average Bonchev–Trinajstić information content (AvgIpc) is 2.28. The van der Waals surface area contributed by atoms with Crippen LogP contribution in [0.5, 0.6) is 0 Å². The van der Waals surface area contributed by atoms with Crippen LogP contribution in [0.1, 0.15) is 26.2 Å². The van der Waals surface area contributed by atoms with Crippen LogP contribution in [0.25, 0.3) is 0 Å². The van der Waals surface area contributed by atoms with Crippen molar-refractivity contribution in [1.29, 1.82) is 0 Å². The topological polar surface area (TPSA) is 50.4 Å². The lowest BCUT2D eigenvalue weighted by Crippen LogP contribution is -2.34. The molecule has 0 radical (unpaired) electrons. The number of rotatable bonds is 6. The molecule has 1 rings (SSSR count). The maximum atomic E-state index is 11.2. The van der Waals surface area contributed by atoms with Gasteiger partial charge in [-0.15, -0.1) is 0 Å². The van der Waals surface area contributed by atoms with E-state index in [1.165, 1.54) is 12.8 Å². The Morgan fingerprint density at radius 1 is 1.60 bits per heavy atom. The maximum absolute atomic E-state index is 11.2. The van der Waals surface area contributed by atoms with Gasteiger partial charge in [0.1, 0.15) is 6.61 Å². The number of hydrogen-bond donors (Lipinski definition) is 2. The third-order valence-electron chi connectivity index (χ3n) is 2.71. The first-order chi connectivity index (χ1) is 7.33. The molecule has 1 amide bonds. The van der Waals surface area contributed by atoms with Crippen molar-refractivity contribution in [2.45, 2.75) is 26.2 Å². The molecule has 0 aromatic carbocycles. The SMILES string of the molecule is CCOCC(=O)NCCC1CCCNC1. The summed E-state index contributed by atoms with van der Waals surface area (Å²) in [4.78, 5) is 11.2. The van der Waals surface area contributed by atoms with E-state index in [1.807, 2.05) is 6.92 Å². The first-order valence-corrected chi connectivity index (χ1v) is 5.88. The number of piperidine rings is 1. The second-order valence-electron chi connectivity index (χ2n) is 3.99. The Morgan fingerprint density at radius 3 is 3.13 bits per heavy atom. The Kier molecular flexibility index (Phi) is 6.36. The summed E-state index contributed by atoms with van der Waals surface area (Å²) in [6.45, 7) is 5.70. The summed E-state index contributed by atoms with van der Waals surface area (Å²) in [5.41, 5.74) is 0. The number of nitrogens with one attached hydrogen (secondary N) is 2. The molecule has 1 heterocycles. The molecule has 1 atom stereocenters. The van der Waals surface area contributed by atoms with Gasteiger partial charge in [0.2, 0.25) is 5.91 Å². The van der Waals surface area contributed by atoms with Crippen molar-refractivity contribution in [3.05, 3.63) is 0 Å². The summed E-state index contributed by atoms with van der Waals surface area (Å²) in [6.07, 6.45) is 3.62. The van der Waals surface area contributed by atoms with Crippen LogP contribution >= 0.6 is 0 Å². The van der Waals surface area contributed by atoms with Crippen LogP contribution in [-0.2, 0) is 9.53 Å². The molecule has 1 aliphatic heterocycles. The molecule has 1 unspecified atom stereocenters. The largest absolute Gasteiger partial charge is 0.372 e. The van der Waals surface area contributed by atoms with Crippen LogP contribution < -0.4 is 10.6 Å². The van der Waals surface area contributed by atoms with Crippen LogP contribution in [-0.4, -0.2) is 38.8 Å². The first-order valence-electron chi connectivity index (χ1n) is 5.88. The van der Waals surface area contributed by atoms with Gasteiger partial charge in [-0.05, 0) is 45.2 Å². The Labute approximate surface area is 91.8 Å². The number of amides is 1. The fourth-order valence-electron chi connectivity index (χ4n) is 1.83. The highest BCUT2D eigenvalue weighted by Gasteiger charge is 2.12. The van der Waals surface area contributed by atoms with E-state index in [0.29, 0.717) is 6.61 Å². The van der Waals surface area contributed by atoms with E-state index < -0.39 is 0 Å². The van der Waals surface area contributed by atoms with Crippen molar-refractivity contribution in [2.24, 2.45) is 5.92 Å². The van der Waals surface area contributed by atoms with Crippen molar-refractivity contribution in [3.8, 4) is 0 Å². The van der Waals surface area contributed by atoms with Crippen molar-refractivity contribution >= 4 is 5.91 Å². The molecule has 1 fully saturated rings. The van der Waals surface area contributed by atoms with Gasteiger partial charge >= 0.3 is 0 Å². The van der Waals surface area contributed by atoms with Crippen molar-refractivity contribution < 1.29 is 9.53 Å². The molecule has 0 bridgehead atoms. The molecule has 15 heavy (non-hydrogen) atoms. The molecular formula is C11H22N2O2. The Hall–Kier alpha value is -0.610. The third kappa shape index (κ3) is 5.74. The average molecular weight is 214 g/mol. The molecular weight excluding hydrogens is 192 g/mol. The molecule has 0 aromatic heterocycles. The van der Waals surface area contributed by atoms with Gasteiger partial charge < -0.3 is 15.4 Å².